The molecule has 0 aliphatic heterocycles. The summed E-state index contributed by atoms with van der Waals surface area (Å²) in [6.45, 7) is 6.72. The van der Waals surface area contributed by atoms with Gasteiger partial charge in [0, 0.05) is 31.5 Å². The van der Waals surface area contributed by atoms with E-state index in [2.05, 4.69) is 6.92 Å². The van der Waals surface area contributed by atoms with E-state index in [-0.39, 0.29) is 6.04 Å². The van der Waals surface area contributed by atoms with Crippen molar-refractivity contribution in [2.24, 2.45) is 0 Å². The molecule has 1 atom stereocenters. The summed E-state index contributed by atoms with van der Waals surface area (Å²) in [4.78, 5) is 0.333. The molecule has 0 spiro atoms. The van der Waals surface area contributed by atoms with Crippen LogP contribution in [0.25, 0.3) is 0 Å². The topological polar surface area (TPSA) is 42.3 Å². The second kappa shape index (κ2) is 6.77. The number of hydrogen-bond donors (Lipinski definition) is 0. The van der Waals surface area contributed by atoms with Gasteiger partial charge in [-0.1, -0.05) is 13.8 Å². The van der Waals surface area contributed by atoms with Crippen molar-refractivity contribution in [2.45, 2.75) is 57.0 Å². The van der Waals surface area contributed by atoms with Crippen LogP contribution in [0.5, 0.6) is 0 Å². The molecule has 0 bridgehead atoms. The molecule has 1 heterocycles. The molecule has 0 aliphatic carbocycles. The van der Waals surface area contributed by atoms with Gasteiger partial charge in [0.1, 0.15) is 4.90 Å². The zero-order valence-corrected chi connectivity index (χ0v) is 13.6. The van der Waals surface area contributed by atoms with Gasteiger partial charge in [-0.3, -0.25) is 0 Å². The third kappa shape index (κ3) is 3.52. The Hall–Kier alpha value is -0.520. The average molecular weight is 307 g/mol. The van der Waals surface area contributed by atoms with Gasteiger partial charge in [-0.05, 0) is 25.8 Å². The van der Waals surface area contributed by atoms with E-state index in [9.17, 15) is 8.42 Å². The van der Waals surface area contributed by atoms with Crippen molar-refractivity contribution in [2.75, 3.05) is 7.05 Å². The van der Waals surface area contributed by atoms with Crippen molar-refractivity contribution >= 4 is 21.6 Å². The maximum Gasteiger partial charge on any atom is 0.244 e. The van der Waals surface area contributed by atoms with Crippen LogP contribution in [-0.2, 0) is 22.4 Å². The Balaban J connectivity index is 3.15. The summed E-state index contributed by atoms with van der Waals surface area (Å²) < 4.78 is 28.3. The predicted molar refractivity (Wildman–Crippen MR) is 79.0 cm³/mol. The normalized spacial score (nSPS) is 14.0. The number of nitrogens with zero attached hydrogens (tertiary/aromatic N) is 2. The van der Waals surface area contributed by atoms with Crippen molar-refractivity contribution in [3.8, 4) is 0 Å². The van der Waals surface area contributed by atoms with Gasteiger partial charge in [-0.15, -0.1) is 11.6 Å². The highest BCUT2D eigenvalue weighted by atomic mass is 35.5. The lowest BCUT2D eigenvalue weighted by molar-refractivity contribution is 0.380. The van der Waals surface area contributed by atoms with Crippen LogP contribution in [0.4, 0.5) is 0 Å². The lowest BCUT2D eigenvalue weighted by Gasteiger charge is -2.22. The molecular formula is C13H23ClN2O2S. The quantitative estimate of drug-likeness (QED) is 0.727. The monoisotopic (exact) mass is 306 g/mol. The standard InChI is InChI=1S/C13H23ClN2O2S/c1-5-7-16-10-13(8-12(16)9-14)19(17,18)15(4)11(3)6-2/h8,10-11H,5-7,9H2,1-4H3. The minimum absolute atomic E-state index is 0.0148. The zero-order valence-electron chi connectivity index (χ0n) is 12.1. The first-order chi connectivity index (χ1) is 8.88. The molecule has 1 rings (SSSR count). The molecule has 0 saturated heterocycles. The maximum atomic E-state index is 12.5. The number of halogens is 1. The Morgan fingerprint density at radius 2 is 2.05 bits per heavy atom. The van der Waals surface area contributed by atoms with E-state index in [4.69, 9.17) is 11.6 Å². The van der Waals surface area contributed by atoms with Crippen molar-refractivity contribution in [1.82, 2.24) is 8.87 Å². The fourth-order valence-corrected chi connectivity index (χ4v) is 3.62. The van der Waals surface area contributed by atoms with Crippen molar-refractivity contribution < 1.29 is 8.42 Å². The fourth-order valence-electron chi connectivity index (χ4n) is 1.89. The Morgan fingerprint density at radius 1 is 1.42 bits per heavy atom. The summed E-state index contributed by atoms with van der Waals surface area (Å²) in [6.07, 6.45) is 3.42. The fraction of sp³-hybridized carbons (Fsp3) is 0.692. The molecule has 0 fully saturated rings. The van der Waals surface area contributed by atoms with Crippen LogP contribution in [0.15, 0.2) is 17.2 Å². The molecule has 1 aromatic heterocycles. The summed E-state index contributed by atoms with van der Waals surface area (Å²) in [5.41, 5.74) is 0.847. The molecule has 0 aliphatic rings. The second-order valence-corrected chi connectivity index (χ2v) is 7.04. The number of aromatic nitrogens is 1. The number of aryl methyl sites for hydroxylation is 1. The summed E-state index contributed by atoms with van der Waals surface area (Å²) in [7, 11) is -1.80. The van der Waals surface area contributed by atoms with E-state index in [0.717, 1.165) is 25.1 Å². The van der Waals surface area contributed by atoms with E-state index >= 15 is 0 Å². The minimum Gasteiger partial charge on any atom is -0.349 e. The zero-order chi connectivity index (χ0) is 14.6. The molecule has 1 aromatic rings. The molecule has 0 saturated carbocycles. The molecule has 0 aromatic carbocycles. The highest BCUT2D eigenvalue weighted by molar-refractivity contribution is 7.89. The molecule has 0 radical (unpaired) electrons. The molecule has 110 valence electrons. The first-order valence-electron chi connectivity index (χ1n) is 6.61. The lowest BCUT2D eigenvalue weighted by Crippen LogP contribution is -2.34. The van der Waals surface area contributed by atoms with Crippen LogP contribution >= 0.6 is 11.6 Å². The van der Waals surface area contributed by atoms with Crippen LogP contribution in [-0.4, -0.2) is 30.4 Å². The molecule has 0 amide bonds. The largest absolute Gasteiger partial charge is 0.349 e. The average Bonchev–Trinajstić information content (AvgIpc) is 2.81. The molecule has 4 nitrogen and oxygen atoms in total. The summed E-state index contributed by atoms with van der Waals surface area (Å²) in [5, 5.41) is 0. The van der Waals surface area contributed by atoms with E-state index in [1.807, 2.05) is 18.4 Å². The SMILES string of the molecule is CCCn1cc(S(=O)(=O)N(C)C(C)CC)cc1CCl. The summed E-state index contributed by atoms with van der Waals surface area (Å²) >= 11 is 5.87. The van der Waals surface area contributed by atoms with Crippen LogP contribution < -0.4 is 0 Å². The van der Waals surface area contributed by atoms with Crippen molar-refractivity contribution in [3.63, 3.8) is 0 Å². The first kappa shape index (κ1) is 16.5. The van der Waals surface area contributed by atoms with Gasteiger partial charge in [0.05, 0.1) is 5.88 Å². The van der Waals surface area contributed by atoms with Gasteiger partial charge in [-0.2, -0.15) is 4.31 Å². The Bertz CT molecular complexity index is 511. The van der Waals surface area contributed by atoms with Crippen LogP contribution in [0.3, 0.4) is 0 Å². The third-order valence-electron chi connectivity index (χ3n) is 3.45. The van der Waals surface area contributed by atoms with Crippen molar-refractivity contribution in [3.05, 3.63) is 18.0 Å². The molecular weight excluding hydrogens is 284 g/mol. The van der Waals surface area contributed by atoms with E-state index in [0.29, 0.717) is 10.8 Å². The number of alkyl halides is 1. The van der Waals surface area contributed by atoms with Crippen LogP contribution in [0, 0.1) is 0 Å². The minimum atomic E-state index is -3.43. The number of rotatable bonds is 7. The van der Waals surface area contributed by atoms with Gasteiger partial charge < -0.3 is 4.57 Å². The first-order valence-corrected chi connectivity index (χ1v) is 8.58. The van der Waals surface area contributed by atoms with E-state index < -0.39 is 10.0 Å². The smallest absolute Gasteiger partial charge is 0.244 e. The van der Waals surface area contributed by atoms with E-state index in [1.165, 1.54) is 4.31 Å². The summed E-state index contributed by atoms with van der Waals surface area (Å²) in [5.74, 6) is 0.322. The Labute approximate surface area is 121 Å². The Morgan fingerprint density at radius 3 is 2.53 bits per heavy atom. The highest BCUT2D eigenvalue weighted by Gasteiger charge is 2.26. The van der Waals surface area contributed by atoms with E-state index in [1.54, 1.807) is 19.3 Å². The van der Waals surface area contributed by atoms with Gasteiger partial charge >= 0.3 is 0 Å². The van der Waals surface area contributed by atoms with Gasteiger partial charge in [0.15, 0.2) is 0 Å². The molecule has 19 heavy (non-hydrogen) atoms. The number of hydrogen-bond acceptors (Lipinski definition) is 2. The predicted octanol–water partition coefficient (Wildman–Crippen LogP) is 3.06. The lowest BCUT2D eigenvalue weighted by atomic mass is 10.3. The summed E-state index contributed by atoms with van der Waals surface area (Å²) in [6, 6.07) is 1.66. The van der Waals surface area contributed by atoms with Gasteiger partial charge in [-0.25, -0.2) is 8.42 Å². The molecule has 1 unspecified atom stereocenters. The highest BCUT2D eigenvalue weighted by Crippen LogP contribution is 2.21. The van der Waals surface area contributed by atoms with Crippen LogP contribution in [0.1, 0.15) is 39.3 Å². The maximum absolute atomic E-state index is 12.5. The van der Waals surface area contributed by atoms with Crippen LogP contribution in [0.2, 0.25) is 0 Å². The van der Waals surface area contributed by atoms with Gasteiger partial charge in [0.25, 0.3) is 0 Å². The Kier molecular flexibility index (Phi) is 5.89. The van der Waals surface area contributed by atoms with Gasteiger partial charge in [0.2, 0.25) is 10.0 Å². The second-order valence-electron chi connectivity index (χ2n) is 4.77. The third-order valence-corrected chi connectivity index (χ3v) is 5.66. The molecule has 6 heteroatoms. The number of sulfonamides is 1. The van der Waals surface area contributed by atoms with Crippen molar-refractivity contribution in [1.29, 1.82) is 0 Å². The molecule has 0 N–H and O–H groups in total.